The third-order valence-corrected chi connectivity index (χ3v) is 5.21. The van der Waals surface area contributed by atoms with Crippen molar-refractivity contribution >= 4 is 27.4 Å². The molecular weight excluding hydrogens is 282 g/mol. The molecule has 1 heterocycles. The van der Waals surface area contributed by atoms with Gasteiger partial charge in [0, 0.05) is 11.2 Å². The lowest BCUT2D eigenvalue weighted by molar-refractivity contribution is 0.0701. The van der Waals surface area contributed by atoms with Crippen LogP contribution in [0.15, 0.2) is 36.4 Å². The fourth-order valence-electron chi connectivity index (χ4n) is 2.89. The second-order valence-corrected chi connectivity index (χ2v) is 6.54. The van der Waals surface area contributed by atoms with E-state index in [4.69, 9.17) is 0 Å². The molecule has 0 aliphatic heterocycles. The monoisotopic (exact) mass is 301 g/mol. The van der Waals surface area contributed by atoms with Gasteiger partial charge in [0.05, 0.1) is 0 Å². The van der Waals surface area contributed by atoms with E-state index in [1.807, 2.05) is 24.3 Å². The number of hydrogen-bond donors (Lipinski definition) is 2. The van der Waals surface area contributed by atoms with Gasteiger partial charge in [-0.2, -0.15) is 0 Å². The van der Waals surface area contributed by atoms with Gasteiger partial charge in [-0.1, -0.05) is 30.4 Å². The zero-order valence-corrected chi connectivity index (χ0v) is 12.7. The minimum Gasteiger partial charge on any atom is -0.477 e. The first-order chi connectivity index (χ1) is 10.3. The average molecular weight is 301 g/mol. The van der Waals surface area contributed by atoms with Crippen molar-refractivity contribution in [3.8, 4) is 0 Å². The van der Waals surface area contributed by atoms with Gasteiger partial charge in [0.15, 0.2) is 0 Å². The van der Waals surface area contributed by atoms with Gasteiger partial charge in [-0.25, -0.2) is 4.79 Å². The summed E-state index contributed by atoms with van der Waals surface area (Å²) in [6.45, 7) is 1.58. The van der Waals surface area contributed by atoms with Gasteiger partial charge in [-0.05, 0) is 48.7 Å². The van der Waals surface area contributed by atoms with Crippen LogP contribution in [0, 0.1) is 5.92 Å². The molecule has 0 radical (unpaired) electrons. The molecule has 1 aliphatic rings. The lowest BCUT2D eigenvalue weighted by atomic mass is 9.94. The molecule has 3 nitrogen and oxygen atoms in total. The molecule has 110 valence electrons. The second-order valence-electron chi connectivity index (χ2n) is 5.49. The SMILES string of the molecule is O=C(O)c1sc2ccccc2c1CNCC1CC=CCC1. The molecule has 2 aromatic rings. The lowest BCUT2D eigenvalue weighted by Crippen LogP contribution is -2.23. The van der Waals surface area contributed by atoms with Gasteiger partial charge >= 0.3 is 5.97 Å². The van der Waals surface area contributed by atoms with Crippen molar-refractivity contribution in [3.05, 3.63) is 46.9 Å². The summed E-state index contributed by atoms with van der Waals surface area (Å²) in [6, 6.07) is 7.92. The van der Waals surface area contributed by atoms with Gasteiger partial charge in [-0.15, -0.1) is 11.3 Å². The number of allylic oxidation sites excluding steroid dienone is 2. The van der Waals surface area contributed by atoms with Crippen LogP contribution in [0.2, 0.25) is 0 Å². The van der Waals surface area contributed by atoms with Crippen LogP contribution in [-0.2, 0) is 6.54 Å². The van der Waals surface area contributed by atoms with Crippen molar-refractivity contribution in [2.45, 2.75) is 25.8 Å². The van der Waals surface area contributed by atoms with E-state index in [9.17, 15) is 9.90 Å². The van der Waals surface area contributed by atoms with E-state index in [1.165, 1.54) is 17.8 Å². The highest BCUT2D eigenvalue weighted by molar-refractivity contribution is 7.21. The predicted octanol–water partition coefficient (Wildman–Crippen LogP) is 4.05. The number of carboxylic acid groups (broad SMARTS) is 1. The topological polar surface area (TPSA) is 49.3 Å². The molecule has 0 saturated heterocycles. The largest absolute Gasteiger partial charge is 0.477 e. The number of fused-ring (bicyclic) bond motifs is 1. The summed E-state index contributed by atoms with van der Waals surface area (Å²) >= 11 is 1.37. The van der Waals surface area contributed by atoms with Crippen LogP contribution in [0.3, 0.4) is 0 Å². The third kappa shape index (κ3) is 3.17. The highest BCUT2D eigenvalue weighted by atomic mass is 32.1. The summed E-state index contributed by atoms with van der Waals surface area (Å²) < 4.78 is 1.05. The number of aromatic carboxylic acids is 1. The Bertz CT molecular complexity index is 674. The summed E-state index contributed by atoms with van der Waals surface area (Å²) in [5.74, 6) is -0.151. The maximum absolute atomic E-state index is 11.4. The fraction of sp³-hybridized carbons (Fsp3) is 0.353. The van der Waals surface area contributed by atoms with Crippen LogP contribution in [-0.4, -0.2) is 17.6 Å². The van der Waals surface area contributed by atoms with E-state index in [2.05, 4.69) is 17.5 Å². The minimum atomic E-state index is -0.825. The maximum Gasteiger partial charge on any atom is 0.346 e. The summed E-state index contributed by atoms with van der Waals surface area (Å²) in [4.78, 5) is 11.9. The number of thiophene rings is 1. The molecule has 1 aromatic heterocycles. The van der Waals surface area contributed by atoms with Crippen molar-refractivity contribution < 1.29 is 9.90 Å². The molecule has 3 rings (SSSR count). The molecule has 0 amide bonds. The number of hydrogen-bond acceptors (Lipinski definition) is 3. The van der Waals surface area contributed by atoms with Gasteiger partial charge < -0.3 is 10.4 Å². The molecule has 1 aliphatic carbocycles. The Morgan fingerprint density at radius 2 is 2.19 bits per heavy atom. The van der Waals surface area contributed by atoms with E-state index in [1.54, 1.807) is 0 Å². The second kappa shape index (κ2) is 6.41. The van der Waals surface area contributed by atoms with Crippen molar-refractivity contribution in [2.24, 2.45) is 5.92 Å². The predicted molar refractivity (Wildman–Crippen MR) is 87.0 cm³/mol. The zero-order valence-electron chi connectivity index (χ0n) is 11.8. The molecule has 0 bridgehead atoms. The van der Waals surface area contributed by atoms with Crippen LogP contribution in [0.1, 0.15) is 34.5 Å². The standard InChI is InChI=1S/C17H19NO2S/c19-17(20)16-14(13-8-4-5-9-15(13)21-16)11-18-10-12-6-2-1-3-7-12/h1-2,4-5,8-9,12,18H,3,6-7,10-11H2,(H,19,20). The van der Waals surface area contributed by atoms with Crippen LogP contribution < -0.4 is 5.32 Å². The minimum absolute atomic E-state index is 0.465. The average Bonchev–Trinajstić information content (AvgIpc) is 2.88. The van der Waals surface area contributed by atoms with E-state index in [0.29, 0.717) is 17.3 Å². The highest BCUT2D eigenvalue weighted by Gasteiger charge is 2.17. The Morgan fingerprint density at radius 3 is 2.95 bits per heavy atom. The number of benzene rings is 1. The van der Waals surface area contributed by atoms with Crippen molar-refractivity contribution in [1.29, 1.82) is 0 Å². The Balaban J connectivity index is 1.74. The molecule has 2 N–H and O–H groups in total. The first kappa shape index (κ1) is 14.3. The Kier molecular flexibility index (Phi) is 4.36. The molecule has 0 saturated carbocycles. The number of carbonyl (C=O) groups is 1. The van der Waals surface area contributed by atoms with E-state index in [-0.39, 0.29) is 0 Å². The van der Waals surface area contributed by atoms with E-state index in [0.717, 1.165) is 35.0 Å². The van der Waals surface area contributed by atoms with E-state index < -0.39 is 5.97 Å². The quantitative estimate of drug-likeness (QED) is 0.819. The molecule has 21 heavy (non-hydrogen) atoms. The van der Waals surface area contributed by atoms with Gasteiger partial charge in [0.1, 0.15) is 4.88 Å². The normalized spacial score (nSPS) is 18.2. The van der Waals surface area contributed by atoms with Crippen molar-refractivity contribution in [2.75, 3.05) is 6.54 Å². The van der Waals surface area contributed by atoms with Crippen molar-refractivity contribution in [1.82, 2.24) is 5.32 Å². The van der Waals surface area contributed by atoms with Crippen LogP contribution in [0.4, 0.5) is 0 Å². The number of nitrogens with one attached hydrogen (secondary N) is 1. The third-order valence-electron chi connectivity index (χ3n) is 4.00. The van der Waals surface area contributed by atoms with Gasteiger partial charge in [0.2, 0.25) is 0 Å². The molecule has 4 heteroatoms. The fourth-order valence-corrected chi connectivity index (χ4v) is 3.95. The summed E-state index contributed by atoms with van der Waals surface area (Å²) in [5, 5.41) is 13.9. The Morgan fingerprint density at radius 1 is 1.33 bits per heavy atom. The molecule has 0 fully saturated rings. The van der Waals surface area contributed by atoms with Gasteiger partial charge in [0.25, 0.3) is 0 Å². The number of rotatable bonds is 5. The molecule has 0 spiro atoms. The van der Waals surface area contributed by atoms with Crippen LogP contribution in [0.25, 0.3) is 10.1 Å². The molecule has 1 unspecified atom stereocenters. The maximum atomic E-state index is 11.4. The molecular formula is C17H19NO2S. The van der Waals surface area contributed by atoms with Crippen molar-refractivity contribution in [3.63, 3.8) is 0 Å². The van der Waals surface area contributed by atoms with E-state index >= 15 is 0 Å². The highest BCUT2D eigenvalue weighted by Crippen LogP contribution is 2.31. The summed E-state index contributed by atoms with van der Waals surface area (Å²) in [5.41, 5.74) is 0.925. The number of carboxylic acids is 1. The van der Waals surface area contributed by atoms with Gasteiger partial charge in [-0.3, -0.25) is 0 Å². The van der Waals surface area contributed by atoms with Crippen LogP contribution in [0.5, 0.6) is 0 Å². The Hall–Kier alpha value is -1.65. The summed E-state index contributed by atoms with van der Waals surface area (Å²) in [7, 11) is 0. The molecule has 1 aromatic carbocycles. The first-order valence-electron chi connectivity index (χ1n) is 7.35. The van der Waals surface area contributed by atoms with Crippen LogP contribution >= 0.6 is 11.3 Å². The lowest BCUT2D eigenvalue weighted by Gasteiger charge is -2.18. The first-order valence-corrected chi connectivity index (χ1v) is 8.17. The Labute approximate surface area is 128 Å². The smallest absolute Gasteiger partial charge is 0.346 e. The zero-order chi connectivity index (χ0) is 14.7. The summed E-state index contributed by atoms with van der Waals surface area (Å²) in [6.07, 6.45) is 8.00. The molecule has 1 atom stereocenters.